The van der Waals surface area contributed by atoms with Gasteiger partial charge < -0.3 is 9.90 Å². The second-order valence-electron chi connectivity index (χ2n) is 7.42. The standard InChI is InChI=1S/C15H14F17NO4S.Li/c1-2-4-33(6-7(34)35)38(36,37)5-3-8(16,17)9(18,19)10(20,21)11(22,23)12(24,25)13(26,27)14(28,29)15(30,31)32;/h2-6H2,1H3,(H,34,35);/q;+1/p-1. The van der Waals surface area contributed by atoms with E-state index in [1.165, 1.54) is 0 Å². The Morgan fingerprint density at radius 3 is 1.31 bits per heavy atom. The average Bonchev–Trinajstić information content (AvgIpc) is 2.70. The van der Waals surface area contributed by atoms with E-state index in [2.05, 4.69) is 0 Å². The van der Waals surface area contributed by atoms with E-state index >= 15 is 0 Å². The molecule has 5 nitrogen and oxygen atoms in total. The smallest absolute Gasteiger partial charge is 0.549 e. The molecule has 0 aromatic heterocycles. The summed E-state index contributed by atoms with van der Waals surface area (Å²) in [6.07, 6.45) is -11.4. The van der Waals surface area contributed by atoms with Crippen LogP contribution in [0.2, 0.25) is 0 Å². The summed E-state index contributed by atoms with van der Waals surface area (Å²) in [5.41, 5.74) is 0. The number of carbonyl (C=O) groups is 1. The Labute approximate surface area is 218 Å². The summed E-state index contributed by atoms with van der Waals surface area (Å²) in [4.78, 5) is 10.5. The average molecular weight is 633 g/mol. The molecule has 0 N–H and O–H groups in total. The first kappa shape index (κ1) is 39.9. The van der Waals surface area contributed by atoms with Crippen molar-refractivity contribution in [3.63, 3.8) is 0 Å². The molecule has 0 spiro atoms. The van der Waals surface area contributed by atoms with Gasteiger partial charge in [-0.1, -0.05) is 6.92 Å². The molecule has 0 aliphatic carbocycles. The molecule has 228 valence electrons. The number of nitrogens with zero attached hydrogens (tertiary/aromatic N) is 1. The van der Waals surface area contributed by atoms with Crippen LogP contribution in [0, 0.1) is 0 Å². The zero-order valence-corrected chi connectivity index (χ0v) is 19.8. The molecule has 0 atom stereocenters. The fourth-order valence-electron chi connectivity index (χ4n) is 2.45. The third-order valence-corrected chi connectivity index (χ3v) is 6.45. The van der Waals surface area contributed by atoms with Crippen LogP contribution in [0.3, 0.4) is 0 Å². The van der Waals surface area contributed by atoms with Gasteiger partial charge in [-0.3, -0.25) is 0 Å². The summed E-state index contributed by atoms with van der Waals surface area (Å²) in [7, 11) is -5.47. The van der Waals surface area contributed by atoms with E-state index in [1.54, 1.807) is 0 Å². The zero-order valence-electron chi connectivity index (χ0n) is 18.9. The number of halogens is 17. The summed E-state index contributed by atoms with van der Waals surface area (Å²) in [5, 5.41) is 10.5. The Bertz CT molecular complexity index is 968. The minimum absolute atomic E-state index is 0. The van der Waals surface area contributed by atoms with Crippen molar-refractivity contribution in [1.82, 2.24) is 4.31 Å². The normalized spacial score (nSPS) is 15.4. The van der Waals surface area contributed by atoms with Gasteiger partial charge in [0.2, 0.25) is 10.0 Å². The van der Waals surface area contributed by atoms with Gasteiger partial charge in [-0.05, 0) is 6.42 Å². The van der Waals surface area contributed by atoms with Gasteiger partial charge in [0.05, 0.1) is 18.3 Å². The van der Waals surface area contributed by atoms with Crippen LogP contribution in [0.15, 0.2) is 0 Å². The molecule has 0 radical (unpaired) electrons. The van der Waals surface area contributed by atoms with Gasteiger partial charge in [0, 0.05) is 13.0 Å². The van der Waals surface area contributed by atoms with Crippen LogP contribution in [-0.4, -0.2) is 85.2 Å². The summed E-state index contributed by atoms with van der Waals surface area (Å²) in [6, 6.07) is 0. The molecule has 0 rings (SSSR count). The van der Waals surface area contributed by atoms with Crippen molar-refractivity contribution in [2.24, 2.45) is 0 Å². The Balaban J connectivity index is 0. The molecule has 0 aromatic carbocycles. The van der Waals surface area contributed by atoms with Gasteiger partial charge in [0.15, 0.2) is 0 Å². The van der Waals surface area contributed by atoms with Crippen molar-refractivity contribution < 1.29 is 112 Å². The molecule has 0 saturated heterocycles. The SMILES string of the molecule is CCCN(CC(=O)[O-])S(=O)(=O)CCC(F)(F)C(F)(F)C(F)(F)C(F)(F)C(F)(F)C(F)(F)C(F)(F)C(F)(F)F.[Li+]. The first-order valence-electron chi connectivity index (χ1n) is 9.22. The Hall–Kier alpha value is -1.21. The van der Waals surface area contributed by atoms with Crippen molar-refractivity contribution in [2.75, 3.05) is 18.8 Å². The molecule has 0 fully saturated rings. The third-order valence-electron chi connectivity index (χ3n) is 4.63. The van der Waals surface area contributed by atoms with E-state index in [4.69, 9.17) is 0 Å². The van der Waals surface area contributed by atoms with Crippen LogP contribution in [-0.2, 0) is 14.8 Å². The van der Waals surface area contributed by atoms with E-state index in [0.717, 1.165) is 6.92 Å². The molecule has 0 heterocycles. The number of sulfonamides is 1. The van der Waals surface area contributed by atoms with Gasteiger partial charge in [0.25, 0.3) is 0 Å². The van der Waals surface area contributed by atoms with Crippen LogP contribution >= 0.6 is 0 Å². The molecule has 0 amide bonds. The Morgan fingerprint density at radius 1 is 0.667 bits per heavy atom. The molecule has 0 aliphatic rings. The molecular weight excluding hydrogens is 620 g/mol. The molecule has 0 aromatic rings. The number of aliphatic carboxylic acids is 1. The van der Waals surface area contributed by atoms with Crippen molar-refractivity contribution in [1.29, 1.82) is 0 Å². The fourth-order valence-corrected chi connectivity index (χ4v) is 3.98. The minimum Gasteiger partial charge on any atom is -0.549 e. The second-order valence-corrected chi connectivity index (χ2v) is 9.51. The maximum Gasteiger partial charge on any atom is 1.00 e. The maximum absolute atomic E-state index is 13.8. The van der Waals surface area contributed by atoms with Gasteiger partial charge in [-0.25, -0.2) is 8.42 Å². The Kier molecular flexibility index (Phi) is 11.9. The first-order chi connectivity index (χ1) is 16.3. The summed E-state index contributed by atoms with van der Waals surface area (Å²) < 4.78 is 248. The number of carboxylic acids is 1. The topological polar surface area (TPSA) is 77.5 Å². The van der Waals surface area contributed by atoms with E-state index < -0.39 is 88.9 Å². The number of alkyl halides is 17. The van der Waals surface area contributed by atoms with Crippen LogP contribution in [0.1, 0.15) is 19.8 Å². The van der Waals surface area contributed by atoms with Crippen LogP contribution in [0.25, 0.3) is 0 Å². The minimum atomic E-state index is -8.79. The van der Waals surface area contributed by atoms with Crippen LogP contribution in [0.4, 0.5) is 74.6 Å². The predicted octanol–water partition coefficient (Wildman–Crippen LogP) is 1.18. The van der Waals surface area contributed by atoms with Gasteiger partial charge in [-0.15, -0.1) is 0 Å². The molecule has 24 heteroatoms. The number of carbonyl (C=O) groups excluding carboxylic acids is 1. The van der Waals surface area contributed by atoms with E-state index in [1.807, 2.05) is 0 Å². The summed E-state index contributed by atoms with van der Waals surface area (Å²) in [5.74, 6) is -62.7. The van der Waals surface area contributed by atoms with Crippen molar-refractivity contribution in [3.8, 4) is 0 Å². The molecule has 39 heavy (non-hydrogen) atoms. The quantitative estimate of drug-likeness (QED) is 0.213. The van der Waals surface area contributed by atoms with Gasteiger partial charge >= 0.3 is 66.5 Å². The fraction of sp³-hybridized carbons (Fsp3) is 0.933. The van der Waals surface area contributed by atoms with Crippen molar-refractivity contribution in [2.45, 2.75) is 67.4 Å². The van der Waals surface area contributed by atoms with Gasteiger partial charge in [-0.2, -0.15) is 78.9 Å². The maximum atomic E-state index is 13.8. The third kappa shape index (κ3) is 6.66. The largest absolute Gasteiger partial charge is 1.00 e. The number of hydrogen-bond acceptors (Lipinski definition) is 4. The second kappa shape index (κ2) is 11.6. The molecule has 0 unspecified atom stereocenters. The molecule has 0 aliphatic heterocycles. The molecular formula is C15H13F17LiNO4S. The number of rotatable bonds is 14. The monoisotopic (exact) mass is 633 g/mol. The summed E-state index contributed by atoms with van der Waals surface area (Å²) in [6.45, 7) is -1.36. The van der Waals surface area contributed by atoms with Crippen molar-refractivity contribution in [3.05, 3.63) is 0 Å². The van der Waals surface area contributed by atoms with Crippen LogP contribution < -0.4 is 24.0 Å². The van der Waals surface area contributed by atoms with E-state index in [-0.39, 0.29) is 29.6 Å². The summed E-state index contributed by atoms with van der Waals surface area (Å²) >= 11 is 0. The Morgan fingerprint density at radius 2 is 1.00 bits per heavy atom. The number of hydrogen-bond donors (Lipinski definition) is 0. The number of carboxylic acid groups (broad SMARTS) is 1. The zero-order chi connectivity index (χ0) is 31.2. The van der Waals surface area contributed by atoms with E-state index in [9.17, 15) is 93.0 Å². The van der Waals surface area contributed by atoms with E-state index in [0.29, 0.717) is 0 Å². The van der Waals surface area contributed by atoms with Crippen LogP contribution in [0.5, 0.6) is 0 Å². The van der Waals surface area contributed by atoms with Crippen molar-refractivity contribution >= 4 is 16.0 Å². The molecule has 0 bridgehead atoms. The predicted molar refractivity (Wildman–Crippen MR) is 86.0 cm³/mol. The van der Waals surface area contributed by atoms with Gasteiger partial charge in [0.1, 0.15) is 0 Å². The first-order valence-corrected chi connectivity index (χ1v) is 10.8. The molecule has 0 saturated carbocycles.